The van der Waals surface area contributed by atoms with Gasteiger partial charge in [0.2, 0.25) is 10.0 Å². The van der Waals surface area contributed by atoms with Gasteiger partial charge in [-0.05, 0) is 40.3 Å². The van der Waals surface area contributed by atoms with Crippen molar-refractivity contribution in [1.29, 1.82) is 0 Å². The van der Waals surface area contributed by atoms with Crippen molar-refractivity contribution in [3.8, 4) is 0 Å². The number of pyridine rings is 1. The van der Waals surface area contributed by atoms with E-state index in [4.69, 9.17) is 11.6 Å². The second kappa shape index (κ2) is 4.84. The first-order valence-electron chi connectivity index (χ1n) is 5.14. The number of sulfonamides is 1. The van der Waals surface area contributed by atoms with Gasteiger partial charge in [-0.2, -0.15) is 0 Å². The zero-order valence-corrected chi connectivity index (χ0v) is 12.1. The van der Waals surface area contributed by atoms with Crippen LogP contribution in [0.15, 0.2) is 27.8 Å². The fourth-order valence-corrected chi connectivity index (χ4v) is 3.43. The summed E-state index contributed by atoms with van der Waals surface area (Å²) in [6.45, 7) is 0.394. The molecule has 0 aliphatic heterocycles. The van der Waals surface area contributed by atoms with Gasteiger partial charge in [0.15, 0.2) is 0 Å². The Balaban J connectivity index is 2.09. The highest BCUT2D eigenvalue weighted by atomic mass is 79.9. The molecular weight excluding hydrogens is 328 g/mol. The highest BCUT2D eigenvalue weighted by Gasteiger charge is 2.42. The van der Waals surface area contributed by atoms with Gasteiger partial charge >= 0.3 is 0 Å². The average Bonchev–Trinajstić information content (AvgIpc) is 3.07. The molecule has 7 heteroatoms. The largest absolute Gasteiger partial charge is 0.262 e. The lowest BCUT2D eigenvalue weighted by Gasteiger charge is -2.12. The smallest absolute Gasteiger partial charge is 0.242 e. The Hall–Kier alpha value is -0.170. The van der Waals surface area contributed by atoms with Crippen LogP contribution in [0.3, 0.4) is 0 Å². The molecule has 1 saturated carbocycles. The summed E-state index contributed by atoms with van der Waals surface area (Å²) in [7, 11) is -3.49. The lowest BCUT2D eigenvalue weighted by Crippen LogP contribution is -2.31. The number of nitrogens with one attached hydrogen (secondary N) is 1. The molecule has 0 spiro atoms. The van der Waals surface area contributed by atoms with E-state index in [2.05, 4.69) is 25.6 Å². The Morgan fingerprint density at radius 3 is 2.71 bits per heavy atom. The van der Waals surface area contributed by atoms with Crippen LogP contribution in [0, 0.1) is 5.41 Å². The quantitative estimate of drug-likeness (QED) is 0.836. The van der Waals surface area contributed by atoms with Gasteiger partial charge < -0.3 is 0 Å². The Morgan fingerprint density at radius 1 is 1.47 bits per heavy atom. The summed E-state index contributed by atoms with van der Waals surface area (Å²) in [5.41, 5.74) is -0.0337. The van der Waals surface area contributed by atoms with Crippen molar-refractivity contribution in [2.75, 3.05) is 12.4 Å². The molecule has 1 N–H and O–H groups in total. The van der Waals surface area contributed by atoms with E-state index in [1.54, 1.807) is 6.20 Å². The summed E-state index contributed by atoms with van der Waals surface area (Å²) in [5, 5.41) is 0. The van der Waals surface area contributed by atoms with Crippen molar-refractivity contribution in [1.82, 2.24) is 9.71 Å². The second-order valence-electron chi connectivity index (χ2n) is 4.30. The Kier molecular flexibility index (Phi) is 3.77. The third kappa shape index (κ3) is 3.19. The van der Waals surface area contributed by atoms with Crippen LogP contribution < -0.4 is 4.72 Å². The van der Waals surface area contributed by atoms with Crippen LogP contribution in [-0.2, 0) is 10.0 Å². The molecular formula is C10H12BrClN2O2S. The van der Waals surface area contributed by atoms with Crippen molar-refractivity contribution < 1.29 is 8.42 Å². The fourth-order valence-electron chi connectivity index (χ4n) is 1.41. The number of halogens is 2. The number of hydrogen-bond acceptors (Lipinski definition) is 3. The van der Waals surface area contributed by atoms with Crippen molar-refractivity contribution in [3.63, 3.8) is 0 Å². The fraction of sp³-hybridized carbons (Fsp3) is 0.500. The third-order valence-corrected chi connectivity index (χ3v) is 5.24. The van der Waals surface area contributed by atoms with Crippen molar-refractivity contribution in [3.05, 3.63) is 22.9 Å². The molecule has 0 atom stereocenters. The summed E-state index contributed by atoms with van der Waals surface area (Å²) >= 11 is 9.00. The van der Waals surface area contributed by atoms with Crippen LogP contribution in [0.2, 0.25) is 0 Å². The zero-order chi connectivity index (χ0) is 12.5. The zero-order valence-electron chi connectivity index (χ0n) is 8.99. The van der Waals surface area contributed by atoms with E-state index in [1.807, 2.05) is 0 Å². The molecule has 1 aromatic heterocycles. The lowest BCUT2D eigenvalue weighted by molar-refractivity contribution is 0.534. The maximum Gasteiger partial charge on any atom is 0.242 e. The molecule has 0 saturated heterocycles. The predicted octanol–water partition coefficient (Wildman–Crippen LogP) is 2.14. The van der Waals surface area contributed by atoms with Crippen molar-refractivity contribution in [2.24, 2.45) is 5.41 Å². The standard InChI is InChI=1S/C10H12BrClN2O2S/c11-8-3-9(5-13-4-8)17(15,16)14-7-10(6-12)1-2-10/h3-5,14H,1-2,6-7H2. The Bertz CT molecular complexity index is 517. The van der Waals surface area contributed by atoms with Gasteiger partial charge in [0, 0.05) is 29.3 Å². The van der Waals surface area contributed by atoms with Crippen molar-refractivity contribution in [2.45, 2.75) is 17.7 Å². The first-order valence-corrected chi connectivity index (χ1v) is 7.95. The second-order valence-corrected chi connectivity index (χ2v) is 7.25. The predicted molar refractivity (Wildman–Crippen MR) is 69.5 cm³/mol. The molecule has 1 fully saturated rings. The number of rotatable bonds is 5. The SMILES string of the molecule is O=S(=O)(NCC1(CCl)CC1)c1cncc(Br)c1. The molecule has 0 bridgehead atoms. The molecule has 1 aromatic rings. The third-order valence-electron chi connectivity index (χ3n) is 2.87. The van der Waals surface area contributed by atoms with Gasteiger partial charge in [-0.15, -0.1) is 11.6 Å². The molecule has 17 heavy (non-hydrogen) atoms. The van der Waals surface area contributed by atoms with Gasteiger partial charge in [0.25, 0.3) is 0 Å². The Morgan fingerprint density at radius 2 is 2.18 bits per heavy atom. The summed E-state index contributed by atoms with van der Waals surface area (Å²) < 4.78 is 27.1. The normalized spacial score (nSPS) is 18.0. The van der Waals surface area contributed by atoms with Gasteiger partial charge in [-0.25, -0.2) is 13.1 Å². The van der Waals surface area contributed by atoms with Gasteiger partial charge in [-0.1, -0.05) is 0 Å². The molecule has 94 valence electrons. The van der Waals surface area contributed by atoms with Gasteiger partial charge in [0.05, 0.1) is 0 Å². The van der Waals surface area contributed by atoms with E-state index in [0.29, 0.717) is 16.9 Å². The van der Waals surface area contributed by atoms with E-state index in [-0.39, 0.29) is 10.3 Å². The number of alkyl halides is 1. The maximum atomic E-state index is 12.0. The summed E-state index contributed by atoms with van der Waals surface area (Å²) in [5.74, 6) is 0.492. The molecule has 1 aliphatic rings. The van der Waals surface area contributed by atoms with E-state index < -0.39 is 10.0 Å². The maximum absolute atomic E-state index is 12.0. The minimum absolute atomic E-state index is 0.0337. The molecule has 2 rings (SSSR count). The van der Waals surface area contributed by atoms with E-state index in [9.17, 15) is 8.42 Å². The highest BCUT2D eigenvalue weighted by molar-refractivity contribution is 9.10. The summed E-state index contributed by atoms with van der Waals surface area (Å²) in [4.78, 5) is 4.00. The number of nitrogens with zero attached hydrogens (tertiary/aromatic N) is 1. The molecule has 0 amide bonds. The van der Waals surface area contributed by atoms with Gasteiger partial charge in [-0.3, -0.25) is 4.98 Å². The molecule has 1 aliphatic carbocycles. The summed E-state index contributed by atoms with van der Waals surface area (Å²) in [6.07, 6.45) is 4.83. The first-order chi connectivity index (χ1) is 7.97. The van der Waals surface area contributed by atoms with Crippen LogP contribution in [0.25, 0.3) is 0 Å². The summed E-state index contributed by atoms with van der Waals surface area (Å²) in [6, 6.07) is 1.52. The van der Waals surface area contributed by atoms with E-state index in [0.717, 1.165) is 12.8 Å². The van der Waals surface area contributed by atoms with Crippen LogP contribution in [0.5, 0.6) is 0 Å². The number of hydrogen-bond donors (Lipinski definition) is 1. The molecule has 4 nitrogen and oxygen atoms in total. The topological polar surface area (TPSA) is 59.1 Å². The first kappa shape index (κ1) is 13.3. The molecule has 0 aromatic carbocycles. The minimum atomic E-state index is -3.49. The van der Waals surface area contributed by atoms with Crippen LogP contribution >= 0.6 is 27.5 Å². The van der Waals surface area contributed by atoms with Gasteiger partial charge in [0.1, 0.15) is 4.90 Å². The molecule has 0 unspecified atom stereocenters. The van der Waals surface area contributed by atoms with Crippen LogP contribution in [0.1, 0.15) is 12.8 Å². The monoisotopic (exact) mass is 338 g/mol. The molecule has 0 radical (unpaired) electrons. The van der Waals surface area contributed by atoms with E-state index >= 15 is 0 Å². The van der Waals surface area contributed by atoms with Crippen LogP contribution in [-0.4, -0.2) is 25.8 Å². The van der Waals surface area contributed by atoms with E-state index in [1.165, 1.54) is 12.3 Å². The number of aromatic nitrogens is 1. The lowest BCUT2D eigenvalue weighted by atomic mass is 10.1. The highest BCUT2D eigenvalue weighted by Crippen LogP contribution is 2.46. The molecule has 1 heterocycles. The van der Waals surface area contributed by atoms with Crippen LogP contribution in [0.4, 0.5) is 0 Å². The minimum Gasteiger partial charge on any atom is -0.262 e. The Labute approximate surface area is 114 Å². The van der Waals surface area contributed by atoms with Crippen molar-refractivity contribution >= 4 is 37.6 Å². The average molecular weight is 340 g/mol.